The van der Waals surface area contributed by atoms with Crippen molar-refractivity contribution >= 4 is 17.3 Å². The minimum Gasteiger partial charge on any atom is -0.399 e. The predicted octanol–water partition coefficient (Wildman–Crippen LogP) is 1.33. The fourth-order valence-corrected chi connectivity index (χ4v) is 1.20. The average Bonchev–Trinajstić information content (AvgIpc) is 2.15. The van der Waals surface area contributed by atoms with Crippen LogP contribution in [-0.4, -0.2) is 23.9 Å². The van der Waals surface area contributed by atoms with Crippen molar-refractivity contribution in [2.24, 2.45) is 0 Å². The highest BCUT2D eigenvalue weighted by molar-refractivity contribution is 5.99. The van der Waals surface area contributed by atoms with E-state index in [0.29, 0.717) is 16.9 Å². The first kappa shape index (κ1) is 11.4. The molecule has 0 unspecified atom stereocenters. The Hall–Kier alpha value is -1.71. The van der Waals surface area contributed by atoms with Gasteiger partial charge in [0.1, 0.15) is 0 Å². The highest BCUT2D eigenvalue weighted by atomic mass is 16.2. The van der Waals surface area contributed by atoms with Crippen molar-refractivity contribution in [1.29, 1.82) is 0 Å². The maximum Gasteiger partial charge on any atom is 0.255 e. The van der Waals surface area contributed by atoms with Gasteiger partial charge in [-0.2, -0.15) is 0 Å². The molecule has 4 heteroatoms. The van der Waals surface area contributed by atoms with Crippen LogP contribution in [0.3, 0.4) is 0 Å². The van der Waals surface area contributed by atoms with Gasteiger partial charge < -0.3 is 16.4 Å². The monoisotopic (exact) mass is 207 g/mol. The first-order valence-corrected chi connectivity index (χ1v) is 4.85. The third kappa shape index (κ3) is 2.40. The number of hydrogen-bond acceptors (Lipinski definition) is 3. The molecule has 0 atom stereocenters. The quantitative estimate of drug-likeness (QED) is 0.719. The summed E-state index contributed by atoms with van der Waals surface area (Å²) in [5.74, 6) is -0.0810. The summed E-state index contributed by atoms with van der Waals surface area (Å²) in [7, 11) is 1.75. The molecular formula is C11H17N3O. The van der Waals surface area contributed by atoms with Crippen LogP contribution in [0.15, 0.2) is 18.2 Å². The molecule has 82 valence electrons. The molecular weight excluding hydrogens is 190 g/mol. The van der Waals surface area contributed by atoms with Crippen LogP contribution in [0.1, 0.15) is 24.2 Å². The largest absolute Gasteiger partial charge is 0.399 e. The predicted molar refractivity (Wildman–Crippen MR) is 62.5 cm³/mol. The summed E-state index contributed by atoms with van der Waals surface area (Å²) >= 11 is 0. The average molecular weight is 207 g/mol. The van der Waals surface area contributed by atoms with Crippen molar-refractivity contribution in [3.63, 3.8) is 0 Å². The molecule has 0 aliphatic rings. The van der Waals surface area contributed by atoms with Gasteiger partial charge in [0.05, 0.1) is 5.56 Å². The smallest absolute Gasteiger partial charge is 0.255 e. The molecule has 0 aromatic heterocycles. The maximum absolute atomic E-state index is 11.9. The lowest BCUT2D eigenvalue weighted by Gasteiger charge is -2.22. The van der Waals surface area contributed by atoms with E-state index in [2.05, 4.69) is 0 Å². The van der Waals surface area contributed by atoms with Gasteiger partial charge in [-0.15, -0.1) is 0 Å². The van der Waals surface area contributed by atoms with E-state index < -0.39 is 0 Å². The van der Waals surface area contributed by atoms with Crippen LogP contribution in [0.5, 0.6) is 0 Å². The zero-order valence-electron chi connectivity index (χ0n) is 9.32. The molecule has 15 heavy (non-hydrogen) atoms. The van der Waals surface area contributed by atoms with Gasteiger partial charge in [-0.3, -0.25) is 4.79 Å². The molecule has 0 heterocycles. The Balaban J connectivity index is 3.01. The number of anilines is 2. The van der Waals surface area contributed by atoms with Crippen LogP contribution in [0, 0.1) is 0 Å². The van der Waals surface area contributed by atoms with Crippen molar-refractivity contribution in [2.45, 2.75) is 19.9 Å². The fraction of sp³-hybridized carbons (Fsp3) is 0.364. The number of nitrogens with two attached hydrogens (primary N) is 2. The standard InChI is InChI=1S/C11H17N3O/c1-7(2)14(3)11(15)9-5-4-8(12)6-10(9)13/h4-7H,12-13H2,1-3H3. The van der Waals surface area contributed by atoms with E-state index in [1.54, 1.807) is 30.1 Å². The van der Waals surface area contributed by atoms with Crippen LogP contribution in [0.25, 0.3) is 0 Å². The second kappa shape index (κ2) is 4.21. The van der Waals surface area contributed by atoms with Gasteiger partial charge in [-0.1, -0.05) is 0 Å². The number of benzene rings is 1. The number of carbonyl (C=O) groups is 1. The van der Waals surface area contributed by atoms with Gasteiger partial charge in [0.2, 0.25) is 0 Å². The zero-order chi connectivity index (χ0) is 11.6. The summed E-state index contributed by atoms with van der Waals surface area (Å²) in [5.41, 5.74) is 12.8. The van der Waals surface area contributed by atoms with Gasteiger partial charge in [-0.25, -0.2) is 0 Å². The number of nitrogens with zero attached hydrogens (tertiary/aromatic N) is 1. The van der Waals surface area contributed by atoms with Crippen LogP contribution >= 0.6 is 0 Å². The summed E-state index contributed by atoms with van der Waals surface area (Å²) in [6.45, 7) is 3.90. The summed E-state index contributed by atoms with van der Waals surface area (Å²) in [6.07, 6.45) is 0. The van der Waals surface area contributed by atoms with E-state index in [4.69, 9.17) is 11.5 Å². The lowest BCUT2D eigenvalue weighted by atomic mass is 10.1. The molecule has 0 aliphatic heterocycles. The summed E-state index contributed by atoms with van der Waals surface area (Å²) in [4.78, 5) is 13.6. The first-order valence-electron chi connectivity index (χ1n) is 4.85. The summed E-state index contributed by atoms with van der Waals surface area (Å²) in [5, 5.41) is 0. The van der Waals surface area contributed by atoms with E-state index in [-0.39, 0.29) is 11.9 Å². The van der Waals surface area contributed by atoms with E-state index in [1.807, 2.05) is 13.8 Å². The van der Waals surface area contributed by atoms with Crippen LogP contribution < -0.4 is 11.5 Å². The SMILES string of the molecule is CC(C)N(C)C(=O)c1ccc(N)cc1N. The molecule has 0 saturated heterocycles. The van der Waals surface area contributed by atoms with Gasteiger partial charge in [0.15, 0.2) is 0 Å². The molecule has 4 N–H and O–H groups in total. The Labute approximate surface area is 89.9 Å². The molecule has 1 rings (SSSR count). The molecule has 0 fully saturated rings. The number of rotatable bonds is 2. The van der Waals surface area contributed by atoms with Gasteiger partial charge in [0, 0.05) is 24.5 Å². The van der Waals surface area contributed by atoms with E-state index in [1.165, 1.54) is 0 Å². The molecule has 0 radical (unpaired) electrons. The van der Waals surface area contributed by atoms with Crippen molar-refractivity contribution in [1.82, 2.24) is 4.90 Å². The number of carbonyl (C=O) groups excluding carboxylic acids is 1. The van der Waals surface area contributed by atoms with Crippen molar-refractivity contribution in [3.05, 3.63) is 23.8 Å². The number of hydrogen-bond donors (Lipinski definition) is 2. The second-order valence-corrected chi connectivity index (χ2v) is 3.86. The highest BCUT2D eigenvalue weighted by Crippen LogP contribution is 2.17. The number of nitrogen functional groups attached to an aromatic ring is 2. The third-order valence-electron chi connectivity index (χ3n) is 2.40. The molecule has 0 saturated carbocycles. The first-order chi connectivity index (χ1) is 6.93. The molecule has 0 aliphatic carbocycles. The Morgan fingerprint density at radius 1 is 1.33 bits per heavy atom. The summed E-state index contributed by atoms with van der Waals surface area (Å²) < 4.78 is 0. The second-order valence-electron chi connectivity index (χ2n) is 3.86. The topological polar surface area (TPSA) is 72.3 Å². The van der Waals surface area contributed by atoms with E-state index >= 15 is 0 Å². The lowest BCUT2D eigenvalue weighted by Crippen LogP contribution is -2.33. The molecule has 1 amide bonds. The normalized spacial score (nSPS) is 10.4. The van der Waals surface area contributed by atoms with Crippen LogP contribution in [0.4, 0.5) is 11.4 Å². The minimum atomic E-state index is -0.0810. The number of amides is 1. The van der Waals surface area contributed by atoms with E-state index in [0.717, 1.165) is 0 Å². The van der Waals surface area contributed by atoms with Crippen LogP contribution in [-0.2, 0) is 0 Å². The van der Waals surface area contributed by atoms with Crippen LogP contribution in [0.2, 0.25) is 0 Å². The fourth-order valence-electron chi connectivity index (χ4n) is 1.20. The molecule has 0 spiro atoms. The van der Waals surface area contributed by atoms with Crippen molar-refractivity contribution in [3.8, 4) is 0 Å². The Morgan fingerprint density at radius 3 is 2.40 bits per heavy atom. The Kier molecular flexibility index (Phi) is 3.19. The Bertz CT molecular complexity index is 374. The zero-order valence-corrected chi connectivity index (χ0v) is 9.32. The van der Waals surface area contributed by atoms with Gasteiger partial charge in [-0.05, 0) is 32.0 Å². The minimum absolute atomic E-state index is 0.0810. The summed E-state index contributed by atoms with van der Waals surface area (Å²) in [6, 6.07) is 5.08. The molecule has 4 nitrogen and oxygen atoms in total. The lowest BCUT2D eigenvalue weighted by molar-refractivity contribution is 0.0756. The molecule has 1 aromatic carbocycles. The highest BCUT2D eigenvalue weighted by Gasteiger charge is 2.16. The van der Waals surface area contributed by atoms with E-state index in [9.17, 15) is 4.79 Å². The molecule has 1 aromatic rings. The maximum atomic E-state index is 11.9. The van der Waals surface area contributed by atoms with Crippen molar-refractivity contribution < 1.29 is 4.79 Å². The molecule has 0 bridgehead atoms. The third-order valence-corrected chi connectivity index (χ3v) is 2.40. The van der Waals surface area contributed by atoms with Gasteiger partial charge in [0.25, 0.3) is 5.91 Å². The van der Waals surface area contributed by atoms with Crippen molar-refractivity contribution in [2.75, 3.05) is 18.5 Å². The van der Waals surface area contributed by atoms with Gasteiger partial charge >= 0.3 is 0 Å². The Morgan fingerprint density at radius 2 is 1.93 bits per heavy atom.